The first-order valence-corrected chi connectivity index (χ1v) is 7.54. The van der Waals surface area contributed by atoms with Gasteiger partial charge in [0.25, 0.3) is 5.91 Å². The number of aromatic amines is 1. The maximum absolute atomic E-state index is 11.7. The summed E-state index contributed by atoms with van der Waals surface area (Å²) in [6.07, 6.45) is 4.02. The van der Waals surface area contributed by atoms with Gasteiger partial charge in [-0.15, -0.1) is 0 Å². The summed E-state index contributed by atoms with van der Waals surface area (Å²) in [4.78, 5) is 26.2. The molecule has 7 nitrogen and oxygen atoms in total. The zero-order chi connectivity index (χ0) is 17.2. The van der Waals surface area contributed by atoms with Gasteiger partial charge in [-0.1, -0.05) is 6.92 Å². The number of aromatic nitrogens is 1. The Labute approximate surface area is 139 Å². The lowest BCUT2D eigenvalue weighted by atomic mass is 10.2. The summed E-state index contributed by atoms with van der Waals surface area (Å²) in [5.41, 5.74) is 3.58. The summed E-state index contributed by atoms with van der Waals surface area (Å²) in [6.45, 7) is 2.14. The van der Waals surface area contributed by atoms with Crippen LogP contribution in [0.25, 0.3) is 0 Å². The van der Waals surface area contributed by atoms with Crippen molar-refractivity contribution < 1.29 is 19.1 Å². The number of ether oxygens (including phenoxy) is 2. The normalized spacial score (nSPS) is 10.5. The second-order valence-electron chi connectivity index (χ2n) is 4.87. The van der Waals surface area contributed by atoms with Crippen LogP contribution in [0.3, 0.4) is 0 Å². The quantitative estimate of drug-likeness (QED) is 0.441. The van der Waals surface area contributed by atoms with Gasteiger partial charge in [0.05, 0.1) is 24.1 Å². The van der Waals surface area contributed by atoms with Crippen LogP contribution in [0.4, 0.5) is 0 Å². The number of nitrogens with zero attached hydrogens (tertiary/aromatic N) is 1. The highest BCUT2D eigenvalue weighted by Crippen LogP contribution is 2.13. The van der Waals surface area contributed by atoms with Crippen molar-refractivity contribution in [2.45, 2.75) is 13.3 Å². The van der Waals surface area contributed by atoms with Crippen LogP contribution in [0.15, 0.2) is 47.7 Å². The van der Waals surface area contributed by atoms with E-state index >= 15 is 0 Å². The lowest BCUT2D eigenvalue weighted by Gasteiger charge is -2.06. The molecule has 1 aromatic carbocycles. The van der Waals surface area contributed by atoms with Crippen LogP contribution in [0.2, 0.25) is 0 Å². The molecule has 1 heterocycles. The first kappa shape index (κ1) is 17.3. The van der Waals surface area contributed by atoms with Gasteiger partial charge in [0.2, 0.25) is 0 Å². The van der Waals surface area contributed by atoms with Crippen LogP contribution in [-0.2, 0) is 9.53 Å². The van der Waals surface area contributed by atoms with Crippen molar-refractivity contribution in [3.05, 3.63) is 53.9 Å². The lowest BCUT2D eigenvalue weighted by Crippen LogP contribution is -2.24. The smallest absolute Gasteiger partial charge is 0.338 e. The van der Waals surface area contributed by atoms with Crippen molar-refractivity contribution in [1.29, 1.82) is 0 Å². The van der Waals surface area contributed by atoms with Gasteiger partial charge in [0.1, 0.15) is 5.75 Å². The van der Waals surface area contributed by atoms with Crippen LogP contribution < -0.4 is 10.2 Å². The Bertz CT molecular complexity index is 678. The van der Waals surface area contributed by atoms with Crippen molar-refractivity contribution in [3.63, 3.8) is 0 Å². The number of carbonyl (C=O) groups excluding carboxylic acids is 2. The van der Waals surface area contributed by atoms with Crippen LogP contribution in [-0.4, -0.2) is 36.3 Å². The van der Waals surface area contributed by atoms with Crippen molar-refractivity contribution in [3.8, 4) is 5.75 Å². The van der Waals surface area contributed by atoms with Crippen LogP contribution in [0, 0.1) is 0 Å². The van der Waals surface area contributed by atoms with Crippen molar-refractivity contribution in [2.75, 3.05) is 13.2 Å². The molecule has 0 aliphatic heterocycles. The molecule has 24 heavy (non-hydrogen) atoms. The Hall–Kier alpha value is -3.09. The fourth-order valence-corrected chi connectivity index (χ4v) is 1.74. The molecular weight excluding hydrogens is 310 g/mol. The van der Waals surface area contributed by atoms with Crippen LogP contribution >= 0.6 is 0 Å². The van der Waals surface area contributed by atoms with E-state index in [0.717, 1.165) is 12.1 Å². The molecule has 1 aromatic heterocycles. The molecule has 0 aliphatic carbocycles. The van der Waals surface area contributed by atoms with Crippen molar-refractivity contribution in [1.82, 2.24) is 10.4 Å². The van der Waals surface area contributed by atoms with E-state index in [4.69, 9.17) is 9.47 Å². The summed E-state index contributed by atoms with van der Waals surface area (Å²) in [7, 11) is 0. The van der Waals surface area contributed by atoms with E-state index in [1.54, 1.807) is 30.5 Å². The summed E-state index contributed by atoms with van der Waals surface area (Å²) in [5, 5.41) is 3.79. The maximum Gasteiger partial charge on any atom is 0.338 e. The van der Waals surface area contributed by atoms with Gasteiger partial charge in [-0.25, -0.2) is 10.2 Å². The largest absolute Gasteiger partial charge is 0.484 e. The third kappa shape index (κ3) is 5.60. The van der Waals surface area contributed by atoms with E-state index in [0.29, 0.717) is 17.9 Å². The lowest BCUT2D eigenvalue weighted by molar-refractivity contribution is -0.123. The minimum atomic E-state index is -0.385. The monoisotopic (exact) mass is 329 g/mol. The second kappa shape index (κ2) is 9.14. The molecule has 7 heteroatoms. The SMILES string of the molecule is CCCOC(=O)c1ccc(OCC(=O)N/N=C/c2ccc[nH]2)cc1. The molecule has 1 amide bonds. The van der Waals surface area contributed by atoms with Gasteiger partial charge >= 0.3 is 5.97 Å². The van der Waals surface area contributed by atoms with Gasteiger partial charge in [-0.3, -0.25) is 4.79 Å². The molecule has 0 fully saturated rings. The number of hydrogen-bond donors (Lipinski definition) is 2. The van der Waals surface area contributed by atoms with E-state index in [2.05, 4.69) is 15.5 Å². The first-order valence-electron chi connectivity index (χ1n) is 7.54. The van der Waals surface area contributed by atoms with Crippen molar-refractivity contribution >= 4 is 18.1 Å². The van der Waals surface area contributed by atoms with Crippen LogP contribution in [0.5, 0.6) is 5.75 Å². The zero-order valence-corrected chi connectivity index (χ0v) is 13.3. The molecule has 2 aromatic rings. The summed E-state index contributed by atoms with van der Waals surface area (Å²) in [6, 6.07) is 10.0. The first-order chi connectivity index (χ1) is 11.7. The summed E-state index contributed by atoms with van der Waals surface area (Å²) >= 11 is 0. The summed E-state index contributed by atoms with van der Waals surface area (Å²) in [5.74, 6) is -0.283. The number of carbonyl (C=O) groups is 2. The fraction of sp³-hybridized carbons (Fsp3) is 0.235. The number of hydrogen-bond acceptors (Lipinski definition) is 5. The number of esters is 1. The molecule has 2 N–H and O–H groups in total. The van der Waals surface area contributed by atoms with Gasteiger partial charge in [-0.05, 0) is 42.8 Å². The Morgan fingerprint density at radius 2 is 2.04 bits per heavy atom. The number of nitrogens with one attached hydrogen (secondary N) is 2. The minimum absolute atomic E-state index is 0.179. The molecule has 0 radical (unpaired) electrons. The van der Waals surface area contributed by atoms with Gasteiger partial charge in [-0.2, -0.15) is 5.10 Å². The predicted octanol–water partition coefficient (Wildman–Crippen LogP) is 2.11. The zero-order valence-electron chi connectivity index (χ0n) is 13.3. The molecule has 0 saturated heterocycles. The second-order valence-corrected chi connectivity index (χ2v) is 4.87. The average Bonchev–Trinajstić information content (AvgIpc) is 3.11. The van der Waals surface area contributed by atoms with E-state index in [1.165, 1.54) is 6.21 Å². The van der Waals surface area contributed by atoms with E-state index < -0.39 is 0 Å². The Balaban J connectivity index is 1.75. The molecule has 2 rings (SSSR count). The summed E-state index contributed by atoms with van der Waals surface area (Å²) < 4.78 is 10.4. The predicted molar refractivity (Wildman–Crippen MR) is 89.0 cm³/mol. The average molecular weight is 329 g/mol. The minimum Gasteiger partial charge on any atom is -0.484 e. The number of benzene rings is 1. The van der Waals surface area contributed by atoms with Crippen molar-refractivity contribution in [2.24, 2.45) is 5.10 Å². The van der Waals surface area contributed by atoms with Gasteiger partial charge in [0, 0.05) is 6.20 Å². The number of hydrazone groups is 1. The molecule has 0 saturated carbocycles. The molecule has 0 spiro atoms. The molecular formula is C17H19N3O4. The molecule has 0 unspecified atom stereocenters. The standard InChI is InChI=1S/C17H19N3O4/c1-2-10-23-17(22)13-5-7-15(8-6-13)24-12-16(21)20-19-11-14-4-3-9-18-14/h3-9,11,18H,2,10,12H2,1H3,(H,20,21)/b19-11+. The molecule has 0 bridgehead atoms. The number of amides is 1. The number of rotatable bonds is 8. The van der Waals surface area contributed by atoms with Gasteiger partial charge < -0.3 is 14.5 Å². The van der Waals surface area contributed by atoms with Crippen LogP contribution in [0.1, 0.15) is 29.4 Å². The fourth-order valence-electron chi connectivity index (χ4n) is 1.74. The maximum atomic E-state index is 11.7. The highest BCUT2D eigenvalue weighted by atomic mass is 16.5. The highest BCUT2D eigenvalue weighted by Gasteiger charge is 2.07. The van der Waals surface area contributed by atoms with Gasteiger partial charge in [0.15, 0.2) is 6.61 Å². The van der Waals surface area contributed by atoms with E-state index in [1.807, 2.05) is 19.1 Å². The Morgan fingerprint density at radius 3 is 2.71 bits per heavy atom. The Kier molecular flexibility index (Phi) is 6.58. The Morgan fingerprint density at radius 1 is 1.25 bits per heavy atom. The highest BCUT2D eigenvalue weighted by molar-refractivity contribution is 5.89. The third-order valence-corrected chi connectivity index (χ3v) is 2.91. The molecule has 126 valence electrons. The number of H-pyrrole nitrogens is 1. The third-order valence-electron chi connectivity index (χ3n) is 2.91. The van der Waals surface area contributed by atoms with E-state index in [9.17, 15) is 9.59 Å². The van der Waals surface area contributed by atoms with E-state index in [-0.39, 0.29) is 18.5 Å². The molecule has 0 atom stereocenters. The molecule has 0 aliphatic rings. The topological polar surface area (TPSA) is 92.8 Å².